The van der Waals surface area contributed by atoms with Crippen molar-refractivity contribution in [2.24, 2.45) is 0 Å². The lowest BCUT2D eigenvalue weighted by molar-refractivity contribution is -0.120. The number of nitrogens with zero attached hydrogens (tertiary/aromatic N) is 1. The van der Waals surface area contributed by atoms with Crippen LogP contribution in [-0.2, 0) is 11.2 Å². The lowest BCUT2D eigenvalue weighted by Crippen LogP contribution is -2.34. The minimum atomic E-state index is -0.137. The summed E-state index contributed by atoms with van der Waals surface area (Å²) in [6.45, 7) is 1.12. The third-order valence-corrected chi connectivity index (χ3v) is 2.55. The number of rotatable bonds is 6. The smallest absolute Gasteiger partial charge is 0.234 e. The summed E-state index contributed by atoms with van der Waals surface area (Å²) < 4.78 is 0. The first kappa shape index (κ1) is 11.7. The van der Waals surface area contributed by atoms with E-state index in [9.17, 15) is 4.79 Å². The summed E-state index contributed by atoms with van der Waals surface area (Å²) in [6.07, 6.45) is 0.926. The molecule has 2 N–H and O–H groups in total. The number of nitriles is 1. The van der Waals surface area contributed by atoms with E-state index in [-0.39, 0.29) is 19.0 Å². The summed E-state index contributed by atoms with van der Waals surface area (Å²) in [5.74, 6) is -0.137. The molecule has 0 radical (unpaired) electrons. The molecule has 1 aromatic heterocycles. The van der Waals surface area contributed by atoms with Gasteiger partial charge in [0.1, 0.15) is 6.54 Å². The van der Waals surface area contributed by atoms with Gasteiger partial charge in [-0.25, -0.2) is 0 Å². The lowest BCUT2D eigenvalue weighted by atomic mass is 10.2. The maximum Gasteiger partial charge on any atom is 0.234 e. The van der Waals surface area contributed by atoms with Gasteiger partial charge in [-0.3, -0.25) is 4.79 Å². The Morgan fingerprint density at radius 2 is 2.47 bits per heavy atom. The quantitative estimate of drug-likeness (QED) is 0.546. The molecule has 0 spiro atoms. The molecule has 1 heterocycles. The number of thiophene rings is 1. The fraction of sp³-hybridized carbons (Fsp3) is 0.400. The monoisotopic (exact) mass is 223 g/mol. The Morgan fingerprint density at radius 1 is 1.60 bits per heavy atom. The Kier molecular flexibility index (Phi) is 5.44. The van der Waals surface area contributed by atoms with Crippen molar-refractivity contribution in [1.29, 1.82) is 5.26 Å². The second kappa shape index (κ2) is 6.98. The average Bonchev–Trinajstić information content (AvgIpc) is 2.74. The predicted octanol–water partition coefficient (Wildman–Crippen LogP) is 0.520. The molecule has 5 heteroatoms. The van der Waals surface area contributed by atoms with Gasteiger partial charge in [0.25, 0.3) is 0 Å². The third kappa shape index (κ3) is 5.15. The van der Waals surface area contributed by atoms with Gasteiger partial charge >= 0.3 is 0 Å². The number of nitrogens with one attached hydrogen (secondary N) is 2. The molecular formula is C10H13N3OS. The van der Waals surface area contributed by atoms with Crippen LogP contribution in [0, 0.1) is 11.3 Å². The number of hydrogen-bond donors (Lipinski definition) is 2. The number of amides is 1. The van der Waals surface area contributed by atoms with Crippen molar-refractivity contribution in [1.82, 2.24) is 10.6 Å². The zero-order chi connectivity index (χ0) is 10.9. The Hall–Kier alpha value is -1.38. The van der Waals surface area contributed by atoms with Crippen molar-refractivity contribution in [3.8, 4) is 6.07 Å². The maximum absolute atomic E-state index is 11.0. The van der Waals surface area contributed by atoms with Crippen molar-refractivity contribution in [2.45, 2.75) is 6.42 Å². The average molecular weight is 223 g/mol. The molecule has 15 heavy (non-hydrogen) atoms. The van der Waals surface area contributed by atoms with Gasteiger partial charge in [-0.05, 0) is 35.4 Å². The molecule has 0 fully saturated rings. The first-order valence-corrected chi connectivity index (χ1v) is 5.62. The molecule has 0 atom stereocenters. The molecule has 0 saturated heterocycles. The first-order valence-electron chi connectivity index (χ1n) is 4.68. The fourth-order valence-electron chi connectivity index (χ4n) is 1.07. The number of carbonyl (C=O) groups excluding carboxylic acids is 1. The molecule has 0 saturated carbocycles. The van der Waals surface area contributed by atoms with Gasteiger partial charge in [0.15, 0.2) is 0 Å². The Morgan fingerprint density at radius 3 is 3.13 bits per heavy atom. The summed E-state index contributed by atoms with van der Waals surface area (Å²) in [5, 5.41) is 17.8. The van der Waals surface area contributed by atoms with Crippen molar-refractivity contribution in [2.75, 3.05) is 19.6 Å². The van der Waals surface area contributed by atoms with Crippen LogP contribution in [0.5, 0.6) is 0 Å². The topological polar surface area (TPSA) is 64.9 Å². The van der Waals surface area contributed by atoms with Crippen LogP contribution in [0.4, 0.5) is 0 Å². The van der Waals surface area contributed by atoms with Crippen LogP contribution in [0.3, 0.4) is 0 Å². The van der Waals surface area contributed by atoms with Gasteiger partial charge < -0.3 is 10.6 Å². The zero-order valence-corrected chi connectivity index (χ0v) is 9.14. The molecular weight excluding hydrogens is 210 g/mol. The predicted molar refractivity (Wildman–Crippen MR) is 59.5 cm³/mol. The van der Waals surface area contributed by atoms with Gasteiger partial charge in [-0.15, -0.1) is 0 Å². The van der Waals surface area contributed by atoms with Crippen molar-refractivity contribution in [3.63, 3.8) is 0 Å². The van der Waals surface area contributed by atoms with E-state index < -0.39 is 0 Å². The summed E-state index contributed by atoms with van der Waals surface area (Å²) in [4.78, 5) is 11.0. The molecule has 80 valence electrons. The minimum Gasteiger partial charge on any atom is -0.342 e. The number of carbonyl (C=O) groups is 1. The van der Waals surface area contributed by atoms with Gasteiger partial charge in [-0.1, -0.05) is 0 Å². The molecule has 1 rings (SSSR count). The highest BCUT2D eigenvalue weighted by Gasteiger charge is 1.98. The second-order valence-electron chi connectivity index (χ2n) is 2.99. The van der Waals surface area contributed by atoms with E-state index in [2.05, 4.69) is 22.1 Å². The minimum absolute atomic E-state index is 0.0744. The van der Waals surface area contributed by atoms with Crippen LogP contribution >= 0.6 is 11.3 Å². The van der Waals surface area contributed by atoms with Crippen LogP contribution in [0.2, 0.25) is 0 Å². The van der Waals surface area contributed by atoms with Gasteiger partial charge in [-0.2, -0.15) is 16.6 Å². The van der Waals surface area contributed by atoms with Gasteiger partial charge in [0.2, 0.25) is 5.91 Å². The molecule has 1 amide bonds. The summed E-state index contributed by atoms with van der Waals surface area (Å²) in [7, 11) is 0. The highest BCUT2D eigenvalue weighted by Crippen LogP contribution is 2.05. The molecule has 0 aliphatic rings. The molecule has 0 bridgehead atoms. The van der Waals surface area contributed by atoms with Gasteiger partial charge in [0, 0.05) is 0 Å². The molecule has 0 aromatic carbocycles. The molecule has 0 aliphatic carbocycles. The zero-order valence-electron chi connectivity index (χ0n) is 8.32. The van der Waals surface area contributed by atoms with Crippen LogP contribution in [0.25, 0.3) is 0 Å². The molecule has 1 aromatic rings. The van der Waals surface area contributed by atoms with E-state index in [0.29, 0.717) is 0 Å². The highest BCUT2D eigenvalue weighted by atomic mass is 32.1. The van der Waals surface area contributed by atoms with E-state index in [0.717, 1.165) is 13.0 Å². The van der Waals surface area contributed by atoms with Crippen LogP contribution in [0.15, 0.2) is 16.8 Å². The van der Waals surface area contributed by atoms with E-state index in [4.69, 9.17) is 5.26 Å². The van der Waals surface area contributed by atoms with Crippen LogP contribution in [-0.4, -0.2) is 25.5 Å². The SMILES string of the molecule is N#CCNC(=O)CNCCc1ccsc1. The van der Waals surface area contributed by atoms with E-state index in [1.165, 1.54) is 5.56 Å². The Labute approximate surface area is 92.9 Å². The van der Waals surface area contributed by atoms with Crippen molar-refractivity contribution < 1.29 is 4.79 Å². The van der Waals surface area contributed by atoms with E-state index in [1.807, 2.05) is 11.4 Å². The summed E-state index contributed by atoms with van der Waals surface area (Å²) in [6, 6.07) is 3.92. The van der Waals surface area contributed by atoms with Crippen LogP contribution in [0.1, 0.15) is 5.56 Å². The Bertz CT molecular complexity index is 329. The standard InChI is InChI=1S/C10H13N3OS/c11-3-5-13-10(14)7-12-4-1-9-2-6-15-8-9/h2,6,8,12H,1,4-5,7H2,(H,13,14). The van der Waals surface area contributed by atoms with Crippen LogP contribution < -0.4 is 10.6 Å². The largest absolute Gasteiger partial charge is 0.342 e. The third-order valence-electron chi connectivity index (χ3n) is 1.82. The summed E-state index contributed by atoms with van der Waals surface area (Å²) >= 11 is 1.67. The fourth-order valence-corrected chi connectivity index (χ4v) is 1.77. The molecule has 0 unspecified atom stereocenters. The van der Waals surface area contributed by atoms with Gasteiger partial charge in [0.05, 0.1) is 12.6 Å². The lowest BCUT2D eigenvalue weighted by Gasteiger charge is -2.03. The maximum atomic E-state index is 11.0. The van der Waals surface area contributed by atoms with E-state index in [1.54, 1.807) is 11.3 Å². The van der Waals surface area contributed by atoms with E-state index >= 15 is 0 Å². The van der Waals surface area contributed by atoms with Crippen molar-refractivity contribution in [3.05, 3.63) is 22.4 Å². The highest BCUT2D eigenvalue weighted by molar-refractivity contribution is 7.07. The normalized spacial score (nSPS) is 9.53. The molecule has 0 aliphatic heterocycles. The first-order chi connectivity index (χ1) is 7.33. The second-order valence-corrected chi connectivity index (χ2v) is 3.77. The number of hydrogen-bond acceptors (Lipinski definition) is 4. The summed E-state index contributed by atoms with van der Waals surface area (Å²) in [5.41, 5.74) is 1.28. The Balaban J connectivity index is 2.02. The van der Waals surface area contributed by atoms with Crippen molar-refractivity contribution >= 4 is 17.2 Å². The molecule has 4 nitrogen and oxygen atoms in total.